The predicted molar refractivity (Wildman–Crippen MR) is 94.2 cm³/mol. The highest BCUT2D eigenvalue weighted by Gasteiger charge is 2.30. The number of hydrogen-bond donors (Lipinski definition) is 2. The third-order valence-electron chi connectivity index (χ3n) is 3.54. The largest absolute Gasteiger partial charge is 0.322 e. The Labute approximate surface area is 154 Å². The van der Waals surface area contributed by atoms with Crippen molar-refractivity contribution >= 4 is 44.8 Å². The van der Waals surface area contributed by atoms with Crippen LogP contribution in [0, 0.1) is 5.82 Å². The number of sulfonamides is 1. The van der Waals surface area contributed by atoms with Crippen LogP contribution >= 0.6 is 23.2 Å². The second-order valence-corrected chi connectivity index (χ2v) is 8.12. The van der Waals surface area contributed by atoms with Gasteiger partial charge in [-0.25, -0.2) is 17.5 Å². The number of nitrogens with one attached hydrogen (secondary N) is 2. The van der Waals surface area contributed by atoms with Crippen LogP contribution in [0.2, 0.25) is 10.0 Å². The summed E-state index contributed by atoms with van der Waals surface area (Å²) in [5.74, 6) is -1.19. The topological polar surface area (TPSA) is 75.3 Å². The van der Waals surface area contributed by atoms with E-state index in [1.54, 1.807) is 0 Å². The van der Waals surface area contributed by atoms with Crippen LogP contribution in [0.15, 0.2) is 41.3 Å². The molecule has 0 radical (unpaired) electrons. The van der Waals surface area contributed by atoms with E-state index in [0.717, 1.165) is 25.0 Å². The molecule has 0 unspecified atom stereocenters. The molecule has 2 aromatic carbocycles. The van der Waals surface area contributed by atoms with Gasteiger partial charge < -0.3 is 5.32 Å². The molecule has 0 atom stereocenters. The summed E-state index contributed by atoms with van der Waals surface area (Å²) < 4.78 is 40.5. The van der Waals surface area contributed by atoms with Gasteiger partial charge in [0.1, 0.15) is 10.7 Å². The fourth-order valence-electron chi connectivity index (χ4n) is 2.16. The monoisotopic (exact) mass is 402 g/mol. The summed E-state index contributed by atoms with van der Waals surface area (Å²) in [7, 11) is -3.86. The van der Waals surface area contributed by atoms with Gasteiger partial charge in [0.25, 0.3) is 5.91 Å². The molecule has 1 aliphatic rings. The number of hydrogen-bond acceptors (Lipinski definition) is 3. The number of rotatable bonds is 5. The molecule has 0 heterocycles. The Morgan fingerprint density at radius 3 is 2.48 bits per heavy atom. The molecule has 0 aromatic heterocycles. The summed E-state index contributed by atoms with van der Waals surface area (Å²) in [6.45, 7) is 0. The molecule has 0 saturated heterocycles. The van der Waals surface area contributed by atoms with Gasteiger partial charge in [-0.05, 0) is 43.2 Å². The molecule has 0 aliphatic heterocycles. The molecular formula is C16H13Cl2FN2O3S. The smallest absolute Gasteiger partial charge is 0.257 e. The molecule has 1 aliphatic carbocycles. The molecule has 3 rings (SSSR count). The van der Waals surface area contributed by atoms with Crippen molar-refractivity contribution in [3.63, 3.8) is 0 Å². The summed E-state index contributed by atoms with van der Waals surface area (Å²) >= 11 is 12.0. The van der Waals surface area contributed by atoms with Crippen LogP contribution in [0.5, 0.6) is 0 Å². The predicted octanol–water partition coefficient (Wildman–Crippen LogP) is 3.83. The Morgan fingerprint density at radius 2 is 1.84 bits per heavy atom. The van der Waals surface area contributed by atoms with Crippen molar-refractivity contribution in [2.45, 2.75) is 23.8 Å². The van der Waals surface area contributed by atoms with E-state index < -0.39 is 21.7 Å². The first-order valence-corrected chi connectivity index (χ1v) is 9.58. The normalized spacial score (nSPS) is 14.4. The summed E-state index contributed by atoms with van der Waals surface area (Å²) in [4.78, 5) is 12.2. The van der Waals surface area contributed by atoms with Crippen molar-refractivity contribution in [2.75, 3.05) is 5.32 Å². The third-order valence-corrected chi connectivity index (χ3v) is 5.84. The molecule has 132 valence electrons. The first-order valence-electron chi connectivity index (χ1n) is 7.34. The molecular weight excluding hydrogens is 390 g/mol. The number of carbonyl (C=O) groups is 1. The van der Waals surface area contributed by atoms with Gasteiger partial charge in [-0.2, -0.15) is 0 Å². The molecule has 0 spiro atoms. The van der Waals surface area contributed by atoms with Crippen molar-refractivity contribution in [1.29, 1.82) is 0 Å². The van der Waals surface area contributed by atoms with Gasteiger partial charge >= 0.3 is 0 Å². The Morgan fingerprint density at radius 1 is 1.12 bits per heavy atom. The molecule has 2 aromatic rings. The van der Waals surface area contributed by atoms with Crippen LogP contribution in [-0.2, 0) is 10.0 Å². The van der Waals surface area contributed by atoms with Crippen LogP contribution in [0.4, 0.5) is 10.1 Å². The summed E-state index contributed by atoms with van der Waals surface area (Å²) in [6.07, 6.45) is 1.52. The molecule has 2 N–H and O–H groups in total. The lowest BCUT2D eigenvalue weighted by atomic mass is 10.2. The maximum absolute atomic E-state index is 13.2. The lowest BCUT2D eigenvalue weighted by Gasteiger charge is -2.12. The van der Waals surface area contributed by atoms with E-state index in [0.29, 0.717) is 0 Å². The first-order chi connectivity index (χ1) is 11.8. The fraction of sp³-hybridized carbons (Fsp3) is 0.188. The maximum Gasteiger partial charge on any atom is 0.257 e. The highest BCUT2D eigenvalue weighted by Crippen LogP contribution is 2.31. The lowest BCUT2D eigenvalue weighted by molar-refractivity contribution is 0.102. The highest BCUT2D eigenvalue weighted by atomic mass is 35.5. The zero-order valence-corrected chi connectivity index (χ0v) is 15.1. The van der Waals surface area contributed by atoms with Gasteiger partial charge in [-0.15, -0.1) is 0 Å². The number of benzene rings is 2. The average Bonchev–Trinajstić information content (AvgIpc) is 3.30. The van der Waals surface area contributed by atoms with Gasteiger partial charge in [0.2, 0.25) is 10.0 Å². The highest BCUT2D eigenvalue weighted by molar-refractivity contribution is 7.89. The van der Waals surface area contributed by atoms with Crippen molar-refractivity contribution in [3.05, 3.63) is 57.8 Å². The molecule has 25 heavy (non-hydrogen) atoms. The van der Waals surface area contributed by atoms with E-state index in [-0.39, 0.29) is 32.2 Å². The number of amides is 1. The SMILES string of the molecule is O=C(Nc1cccc(F)c1)c1cc(S(=O)(=O)NC2CC2)c(Cl)cc1Cl. The van der Waals surface area contributed by atoms with Crippen molar-refractivity contribution in [2.24, 2.45) is 0 Å². The van der Waals surface area contributed by atoms with Crippen LogP contribution in [0.1, 0.15) is 23.2 Å². The van der Waals surface area contributed by atoms with Crippen LogP contribution in [0.3, 0.4) is 0 Å². The van der Waals surface area contributed by atoms with E-state index in [1.807, 2.05) is 0 Å². The van der Waals surface area contributed by atoms with Crippen LogP contribution in [0.25, 0.3) is 0 Å². The zero-order chi connectivity index (χ0) is 18.2. The third kappa shape index (κ3) is 4.30. The van der Waals surface area contributed by atoms with E-state index >= 15 is 0 Å². The summed E-state index contributed by atoms with van der Waals surface area (Å²) in [6, 6.07) is 7.50. The van der Waals surface area contributed by atoms with Crippen molar-refractivity contribution in [3.8, 4) is 0 Å². The molecule has 5 nitrogen and oxygen atoms in total. The zero-order valence-electron chi connectivity index (χ0n) is 12.7. The van der Waals surface area contributed by atoms with Gasteiger partial charge in [-0.3, -0.25) is 4.79 Å². The number of halogens is 3. The van der Waals surface area contributed by atoms with Gasteiger partial charge in [0.05, 0.1) is 15.6 Å². The Balaban J connectivity index is 1.93. The molecule has 0 bridgehead atoms. The maximum atomic E-state index is 13.2. The van der Waals surface area contributed by atoms with Crippen LogP contribution in [-0.4, -0.2) is 20.4 Å². The second-order valence-electron chi connectivity index (χ2n) is 5.62. The minimum Gasteiger partial charge on any atom is -0.322 e. The number of anilines is 1. The summed E-state index contributed by atoms with van der Waals surface area (Å²) in [5.41, 5.74) is 0.142. The number of carbonyl (C=O) groups excluding carboxylic acids is 1. The van der Waals surface area contributed by atoms with E-state index in [2.05, 4.69) is 10.0 Å². The Bertz CT molecular complexity index is 946. The molecule has 1 amide bonds. The van der Waals surface area contributed by atoms with Gasteiger partial charge in [0, 0.05) is 11.7 Å². The Hall–Kier alpha value is -1.67. The lowest BCUT2D eigenvalue weighted by Crippen LogP contribution is -2.26. The minimum absolute atomic E-state index is 0.00993. The van der Waals surface area contributed by atoms with E-state index in [4.69, 9.17) is 23.2 Å². The second kappa shape index (κ2) is 6.92. The van der Waals surface area contributed by atoms with Gasteiger partial charge in [0.15, 0.2) is 0 Å². The van der Waals surface area contributed by atoms with Crippen molar-refractivity contribution < 1.29 is 17.6 Å². The fourth-order valence-corrected chi connectivity index (χ4v) is 4.32. The first kappa shape index (κ1) is 18.1. The van der Waals surface area contributed by atoms with Gasteiger partial charge in [-0.1, -0.05) is 29.3 Å². The molecule has 1 fully saturated rings. The average molecular weight is 403 g/mol. The Kier molecular flexibility index (Phi) is 5.02. The quantitative estimate of drug-likeness (QED) is 0.797. The minimum atomic E-state index is -3.86. The van der Waals surface area contributed by atoms with Crippen molar-refractivity contribution in [1.82, 2.24) is 4.72 Å². The van der Waals surface area contributed by atoms with Crippen LogP contribution < -0.4 is 10.0 Å². The standard InChI is InChI=1S/C16H13Cl2FN2O3S/c17-13-8-14(18)15(25(23,24)21-10-4-5-10)7-12(13)16(22)20-11-3-1-2-9(19)6-11/h1-3,6-8,10,21H,4-5H2,(H,20,22). The van der Waals surface area contributed by atoms with E-state index in [9.17, 15) is 17.6 Å². The summed E-state index contributed by atoms with van der Waals surface area (Å²) in [5, 5.41) is 2.38. The molecule has 9 heteroatoms. The molecule has 1 saturated carbocycles. The van der Waals surface area contributed by atoms with E-state index in [1.165, 1.54) is 24.3 Å².